The summed E-state index contributed by atoms with van der Waals surface area (Å²) in [6.45, 7) is 9.37. The van der Waals surface area contributed by atoms with Crippen LogP contribution in [0.5, 0.6) is 5.75 Å². The predicted octanol–water partition coefficient (Wildman–Crippen LogP) is 3.24. The van der Waals surface area contributed by atoms with Crippen molar-refractivity contribution in [1.82, 2.24) is 4.90 Å². The molecule has 1 rings (SSSR count). The highest BCUT2D eigenvalue weighted by Gasteiger charge is 2.23. The number of Topliss-reactive ketones (excluding diaryl/α,β-unsaturated/α-hetero) is 1. The van der Waals surface area contributed by atoms with Crippen molar-refractivity contribution in [3.63, 3.8) is 0 Å². The molecule has 0 aliphatic carbocycles. The predicted molar refractivity (Wildman–Crippen MR) is 78.9 cm³/mol. The lowest BCUT2D eigenvalue weighted by molar-refractivity contribution is 0.0831. The van der Waals surface area contributed by atoms with Gasteiger partial charge in [-0.25, -0.2) is 0 Å². The van der Waals surface area contributed by atoms with Gasteiger partial charge in [0.25, 0.3) is 0 Å². The van der Waals surface area contributed by atoms with E-state index in [0.717, 1.165) is 17.9 Å². The van der Waals surface area contributed by atoms with Crippen LogP contribution in [0.2, 0.25) is 0 Å². The average Bonchev–Trinajstić information content (AvgIpc) is 2.35. The number of hydrogen-bond acceptors (Lipinski definition) is 3. The summed E-state index contributed by atoms with van der Waals surface area (Å²) >= 11 is 0. The molecule has 19 heavy (non-hydrogen) atoms. The average molecular weight is 263 g/mol. The Hall–Kier alpha value is -1.35. The van der Waals surface area contributed by atoms with E-state index in [1.165, 1.54) is 0 Å². The van der Waals surface area contributed by atoms with Crippen LogP contribution in [0, 0.1) is 5.41 Å². The van der Waals surface area contributed by atoms with E-state index < -0.39 is 0 Å². The summed E-state index contributed by atoms with van der Waals surface area (Å²) < 4.78 is 5.10. The van der Waals surface area contributed by atoms with Crippen molar-refractivity contribution < 1.29 is 9.53 Å². The second-order valence-corrected chi connectivity index (χ2v) is 6.24. The first kappa shape index (κ1) is 15.7. The summed E-state index contributed by atoms with van der Waals surface area (Å²) in [5, 5.41) is 0. The Morgan fingerprint density at radius 2 is 1.79 bits per heavy atom. The van der Waals surface area contributed by atoms with Gasteiger partial charge in [0.05, 0.1) is 13.2 Å². The van der Waals surface area contributed by atoms with Gasteiger partial charge in [-0.1, -0.05) is 20.8 Å². The van der Waals surface area contributed by atoms with Gasteiger partial charge in [0.2, 0.25) is 0 Å². The molecule has 1 aromatic rings. The molecule has 0 radical (unpaired) electrons. The number of likely N-dealkylation sites (N-methyl/N-ethyl adjacent to an activating group) is 1. The summed E-state index contributed by atoms with van der Waals surface area (Å²) in [4.78, 5) is 14.5. The van der Waals surface area contributed by atoms with Gasteiger partial charge in [-0.3, -0.25) is 9.69 Å². The summed E-state index contributed by atoms with van der Waals surface area (Å²) in [5.41, 5.74) is 0.914. The molecule has 3 heteroatoms. The lowest BCUT2D eigenvalue weighted by atomic mass is 9.94. The van der Waals surface area contributed by atoms with Crippen molar-refractivity contribution in [1.29, 1.82) is 0 Å². The lowest BCUT2D eigenvalue weighted by Gasteiger charge is -2.30. The van der Waals surface area contributed by atoms with Crippen molar-refractivity contribution in [3.05, 3.63) is 29.8 Å². The molecule has 0 saturated carbocycles. The Morgan fingerprint density at radius 1 is 1.26 bits per heavy atom. The minimum absolute atomic E-state index is 0.118. The van der Waals surface area contributed by atoms with Crippen molar-refractivity contribution >= 4 is 5.78 Å². The highest BCUT2D eigenvalue weighted by Crippen LogP contribution is 2.18. The number of carbonyl (C=O) groups excluding carboxylic acids is 1. The van der Waals surface area contributed by atoms with Gasteiger partial charge in [-0.2, -0.15) is 0 Å². The molecule has 1 atom stereocenters. The minimum atomic E-state index is -0.118. The molecule has 106 valence electrons. The molecular formula is C16H25NO2. The van der Waals surface area contributed by atoms with Crippen LogP contribution in [-0.2, 0) is 0 Å². The van der Waals surface area contributed by atoms with E-state index in [4.69, 9.17) is 4.74 Å². The molecule has 0 fully saturated rings. The molecule has 3 nitrogen and oxygen atoms in total. The second-order valence-electron chi connectivity index (χ2n) is 6.24. The maximum Gasteiger partial charge on any atom is 0.179 e. The number of nitrogens with zero attached hydrogens (tertiary/aromatic N) is 1. The first-order chi connectivity index (χ1) is 8.74. The number of hydrogen-bond donors (Lipinski definition) is 0. The van der Waals surface area contributed by atoms with Crippen LogP contribution >= 0.6 is 0 Å². The number of rotatable bonds is 5. The minimum Gasteiger partial charge on any atom is -0.497 e. The number of ether oxygens (including phenoxy) is 1. The van der Waals surface area contributed by atoms with Crippen LogP contribution < -0.4 is 4.74 Å². The Morgan fingerprint density at radius 3 is 2.21 bits per heavy atom. The van der Waals surface area contributed by atoms with E-state index >= 15 is 0 Å². The molecule has 0 amide bonds. The van der Waals surface area contributed by atoms with Gasteiger partial charge in [-0.05, 0) is 43.7 Å². The zero-order valence-corrected chi connectivity index (χ0v) is 12.9. The molecule has 0 bridgehead atoms. The molecular weight excluding hydrogens is 238 g/mol. The quantitative estimate of drug-likeness (QED) is 0.764. The van der Waals surface area contributed by atoms with Crippen LogP contribution in [0.4, 0.5) is 0 Å². The van der Waals surface area contributed by atoms with Gasteiger partial charge in [0, 0.05) is 12.1 Å². The molecule has 0 saturated heterocycles. The van der Waals surface area contributed by atoms with Gasteiger partial charge >= 0.3 is 0 Å². The summed E-state index contributed by atoms with van der Waals surface area (Å²) in [5.74, 6) is 0.918. The lowest BCUT2D eigenvalue weighted by Crippen LogP contribution is -2.40. The maximum absolute atomic E-state index is 12.4. The molecule has 0 N–H and O–H groups in total. The molecule has 1 aromatic carbocycles. The van der Waals surface area contributed by atoms with E-state index in [-0.39, 0.29) is 17.2 Å². The van der Waals surface area contributed by atoms with Crippen LogP contribution in [0.1, 0.15) is 38.1 Å². The third-order valence-corrected chi connectivity index (χ3v) is 3.14. The first-order valence-electron chi connectivity index (χ1n) is 6.63. The SMILES string of the molecule is COc1ccc(C(=O)C(C)N(C)CC(C)(C)C)cc1. The molecule has 0 aromatic heterocycles. The molecule has 0 heterocycles. The third kappa shape index (κ3) is 4.67. The van der Waals surface area contributed by atoms with Crippen LogP contribution in [0.25, 0.3) is 0 Å². The fraction of sp³-hybridized carbons (Fsp3) is 0.562. The Bertz CT molecular complexity index is 417. The van der Waals surface area contributed by atoms with Crippen molar-refractivity contribution in [3.8, 4) is 5.75 Å². The van der Waals surface area contributed by atoms with E-state index in [9.17, 15) is 4.79 Å². The smallest absolute Gasteiger partial charge is 0.179 e. The zero-order chi connectivity index (χ0) is 14.6. The number of benzene rings is 1. The van der Waals surface area contributed by atoms with Crippen LogP contribution in [0.3, 0.4) is 0 Å². The molecule has 0 aliphatic heterocycles. The van der Waals surface area contributed by atoms with Gasteiger partial charge in [0.1, 0.15) is 5.75 Å². The second kappa shape index (κ2) is 6.20. The third-order valence-electron chi connectivity index (χ3n) is 3.14. The van der Waals surface area contributed by atoms with Crippen molar-refractivity contribution in [2.75, 3.05) is 20.7 Å². The van der Waals surface area contributed by atoms with E-state index in [1.54, 1.807) is 7.11 Å². The zero-order valence-electron chi connectivity index (χ0n) is 12.9. The Balaban J connectivity index is 2.75. The van der Waals surface area contributed by atoms with E-state index in [2.05, 4.69) is 25.7 Å². The first-order valence-corrected chi connectivity index (χ1v) is 6.63. The van der Waals surface area contributed by atoms with Crippen molar-refractivity contribution in [2.24, 2.45) is 5.41 Å². The summed E-state index contributed by atoms with van der Waals surface area (Å²) in [6, 6.07) is 7.17. The Labute approximate surface area is 116 Å². The maximum atomic E-state index is 12.4. The standard InChI is InChI=1S/C16H25NO2/c1-12(17(5)11-16(2,3)4)15(18)13-7-9-14(19-6)10-8-13/h7-10,12H,11H2,1-6H3. The number of ketones is 1. The Kier molecular flexibility index (Phi) is 5.12. The number of carbonyl (C=O) groups is 1. The highest BCUT2D eigenvalue weighted by atomic mass is 16.5. The van der Waals surface area contributed by atoms with Crippen molar-refractivity contribution in [2.45, 2.75) is 33.7 Å². The fourth-order valence-corrected chi connectivity index (χ4v) is 2.08. The van der Waals surface area contributed by atoms with Crippen LogP contribution in [-0.4, -0.2) is 37.4 Å². The largest absolute Gasteiger partial charge is 0.497 e. The molecule has 0 aliphatic rings. The highest BCUT2D eigenvalue weighted by molar-refractivity contribution is 5.99. The van der Waals surface area contributed by atoms with Gasteiger partial charge in [0.15, 0.2) is 5.78 Å². The topological polar surface area (TPSA) is 29.5 Å². The van der Waals surface area contributed by atoms with E-state index in [1.807, 2.05) is 38.2 Å². The monoisotopic (exact) mass is 263 g/mol. The summed E-state index contributed by atoms with van der Waals surface area (Å²) in [6.07, 6.45) is 0. The fourth-order valence-electron chi connectivity index (χ4n) is 2.08. The number of methoxy groups -OCH3 is 1. The van der Waals surface area contributed by atoms with Gasteiger partial charge in [-0.15, -0.1) is 0 Å². The molecule has 1 unspecified atom stereocenters. The van der Waals surface area contributed by atoms with E-state index in [0.29, 0.717) is 0 Å². The van der Waals surface area contributed by atoms with Crippen LogP contribution in [0.15, 0.2) is 24.3 Å². The summed E-state index contributed by atoms with van der Waals surface area (Å²) in [7, 11) is 3.62. The van der Waals surface area contributed by atoms with Gasteiger partial charge < -0.3 is 4.74 Å². The molecule has 0 spiro atoms. The normalized spacial score (nSPS) is 13.4.